The van der Waals surface area contributed by atoms with Gasteiger partial charge in [-0.05, 0) is 56.0 Å². The summed E-state index contributed by atoms with van der Waals surface area (Å²) in [6.07, 6.45) is -1.57. The van der Waals surface area contributed by atoms with Crippen LogP contribution in [0.25, 0.3) is 0 Å². The van der Waals surface area contributed by atoms with Crippen LogP contribution in [-0.4, -0.2) is 31.9 Å². The molecule has 0 spiro atoms. The van der Waals surface area contributed by atoms with Gasteiger partial charge in [-0.1, -0.05) is 12.1 Å². The molecule has 128 valence electrons. The molecule has 1 atom stereocenters. The zero-order valence-corrected chi connectivity index (χ0v) is 12.8. The predicted molar refractivity (Wildman–Crippen MR) is 80.0 cm³/mol. The zero-order chi connectivity index (χ0) is 16.7. The average molecular weight is 330 g/mol. The van der Waals surface area contributed by atoms with E-state index in [2.05, 4.69) is 15.4 Å². The maximum atomic E-state index is 12.0. The van der Waals surface area contributed by atoms with Gasteiger partial charge in [0, 0.05) is 13.0 Å². The molecule has 0 saturated carbocycles. The van der Waals surface area contributed by atoms with Gasteiger partial charge in [-0.3, -0.25) is 4.79 Å². The molecule has 1 heterocycles. The van der Waals surface area contributed by atoms with E-state index in [1.54, 1.807) is 12.1 Å². The molecule has 0 bridgehead atoms. The summed E-state index contributed by atoms with van der Waals surface area (Å²) in [5.41, 5.74) is 0.847. The Morgan fingerprint density at radius 3 is 2.65 bits per heavy atom. The Morgan fingerprint density at radius 1 is 1.30 bits per heavy atom. The number of benzene rings is 1. The number of amides is 1. The minimum atomic E-state index is -4.68. The summed E-state index contributed by atoms with van der Waals surface area (Å²) in [5.74, 6) is 0.367. The second-order valence-corrected chi connectivity index (χ2v) is 5.69. The lowest BCUT2D eigenvalue weighted by atomic mass is 10.0. The van der Waals surface area contributed by atoms with Gasteiger partial charge in [-0.15, -0.1) is 13.2 Å². The van der Waals surface area contributed by atoms with Crippen molar-refractivity contribution in [1.29, 1.82) is 0 Å². The Kier molecular flexibility index (Phi) is 6.27. The van der Waals surface area contributed by atoms with Crippen LogP contribution in [0, 0.1) is 5.92 Å². The van der Waals surface area contributed by atoms with E-state index in [0.29, 0.717) is 25.3 Å². The first-order valence-corrected chi connectivity index (χ1v) is 7.74. The first-order valence-electron chi connectivity index (χ1n) is 7.74. The van der Waals surface area contributed by atoms with Crippen LogP contribution >= 0.6 is 0 Å². The lowest BCUT2D eigenvalue weighted by molar-refractivity contribution is -0.274. The molecule has 1 amide bonds. The Morgan fingerprint density at radius 2 is 2.04 bits per heavy atom. The monoisotopic (exact) mass is 330 g/mol. The second-order valence-electron chi connectivity index (χ2n) is 5.69. The molecule has 1 saturated heterocycles. The number of carbonyl (C=O) groups is 1. The highest BCUT2D eigenvalue weighted by Crippen LogP contribution is 2.22. The topological polar surface area (TPSA) is 50.4 Å². The van der Waals surface area contributed by atoms with E-state index >= 15 is 0 Å². The van der Waals surface area contributed by atoms with Gasteiger partial charge in [-0.2, -0.15) is 0 Å². The number of hydrogen-bond donors (Lipinski definition) is 2. The summed E-state index contributed by atoms with van der Waals surface area (Å²) in [6.45, 7) is 2.49. The van der Waals surface area contributed by atoms with E-state index in [9.17, 15) is 18.0 Å². The summed E-state index contributed by atoms with van der Waals surface area (Å²) in [5, 5.41) is 6.10. The maximum absolute atomic E-state index is 12.0. The van der Waals surface area contributed by atoms with Crippen LogP contribution in [0.3, 0.4) is 0 Å². The average Bonchev–Trinajstić information content (AvgIpc) is 2.99. The minimum Gasteiger partial charge on any atom is -0.406 e. The summed E-state index contributed by atoms with van der Waals surface area (Å²) in [4.78, 5) is 11.7. The maximum Gasteiger partial charge on any atom is 0.573 e. The van der Waals surface area contributed by atoms with Gasteiger partial charge in [0.1, 0.15) is 5.75 Å². The highest BCUT2D eigenvalue weighted by Gasteiger charge is 2.30. The smallest absolute Gasteiger partial charge is 0.406 e. The van der Waals surface area contributed by atoms with Crippen molar-refractivity contribution in [3.05, 3.63) is 29.8 Å². The van der Waals surface area contributed by atoms with Crippen molar-refractivity contribution < 1.29 is 22.7 Å². The summed E-state index contributed by atoms with van der Waals surface area (Å²) >= 11 is 0. The highest BCUT2D eigenvalue weighted by atomic mass is 19.4. The van der Waals surface area contributed by atoms with E-state index in [0.717, 1.165) is 31.5 Å². The van der Waals surface area contributed by atoms with Crippen LogP contribution in [0.4, 0.5) is 13.2 Å². The molecule has 0 radical (unpaired) electrons. The molecule has 1 unspecified atom stereocenters. The van der Waals surface area contributed by atoms with Crippen molar-refractivity contribution in [2.75, 3.05) is 19.6 Å². The van der Waals surface area contributed by atoms with Crippen molar-refractivity contribution in [2.45, 2.75) is 32.0 Å². The van der Waals surface area contributed by atoms with Crippen LogP contribution < -0.4 is 15.4 Å². The number of halogens is 3. The number of nitrogens with one attached hydrogen (secondary N) is 2. The van der Waals surface area contributed by atoms with Crippen molar-refractivity contribution >= 4 is 5.91 Å². The molecule has 1 aromatic carbocycles. The van der Waals surface area contributed by atoms with E-state index in [4.69, 9.17) is 0 Å². The molecule has 23 heavy (non-hydrogen) atoms. The number of rotatable bonds is 7. The zero-order valence-electron chi connectivity index (χ0n) is 12.8. The first kappa shape index (κ1) is 17.6. The van der Waals surface area contributed by atoms with Gasteiger partial charge in [0.05, 0.1) is 0 Å². The SMILES string of the molecule is O=C(CCC1CCNC1)NCCc1ccc(OC(F)(F)F)cc1. The van der Waals surface area contributed by atoms with Crippen molar-refractivity contribution in [2.24, 2.45) is 5.92 Å². The molecular weight excluding hydrogens is 309 g/mol. The van der Waals surface area contributed by atoms with E-state index < -0.39 is 6.36 Å². The normalized spacial score (nSPS) is 18.0. The summed E-state index contributed by atoms with van der Waals surface area (Å²) < 4.78 is 39.9. The molecule has 1 aliphatic rings. The number of carbonyl (C=O) groups excluding carboxylic acids is 1. The lowest BCUT2D eigenvalue weighted by Gasteiger charge is -2.10. The molecule has 2 rings (SSSR count). The molecule has 0 aliphatic carbocycles. The third kappa shape index (κ3) is 6.90. The van der Waals surface area contributed by atoms with Crippen LogP contribution in [0.5, 0.6) is 5.75 Å². The van der Waals surface area contributed by atoms with Crippen LogP contribution in [-0.2, 0) is 11.2 Å². The van der Waals surface area contributed by atoms with Crippen LogP contribution in [0.2, 0.25) is 0 Å². The Balaban J connectivity index is 1.64. The second kappa shape index (κ2) is 8.19. The van der Waals surface area contributed by atoms with Crippen molar-refractivity contribution in [1.82, 2.24) is 10.6 Å². The molecule has 0 aromatic heterocycles. The highest BCUT2D eigenvalue weighted by molar-refractivity contribution is 5.75. The first-order chi connectivity index (χ1) is 10.9. The molecule has 4 nitrogen and oxygen atoms in total. The molecule has 2 N–H and O–H groups in total. The van der Waals surface area contributed by atoms with Gasteiger partial charge in [0.25, 0.3) is 0 Å². The molecule has 1 fully saturated rings. The van der Waals surface area contributed by atoms with E-state index in [-0.39, 0.29) is 11.7 Å². The fourth-order valence-corrected chi connectivity index (χ4v) is 2.59. The Hall–Kier alpha value is -1.76. The van der Waals surface area contributed by atoms with E-state index in [1.807, 2.05) is 0 Å². The lowest BCUT2D eigenvalue weighted by Crippen LogP contribution is -2.26. The number of hydrogen-bond acceptors (Lipinski definition) is 3. The van der Waals surface area contributed by atoms with Gasteiger partial charge in [0.15, 0.2) is 0 Å². The van der Waals surface area contributed by atoms with Crippen LogP contribution in [0.1, 0.15) is 24.8 Å². The fourth-order valence-electron chi connectivity index (χ4n) is 2.59. The van der Waals surface area contributed by atoms with Crippen molar-refractivity contribution in [3.8, 4) is 5.75 Å². The van der Waals surface area contributed by atoms with Gasteiger partial charge in [0.2, 0.25) is 5.91 Å². The molecule has 1 aromatic rings. The standard InChI is InChI=1S/C16H21F3N2O2/c17-16(18,19)23-14-4-1-12(2-5-14)8-10-21-15(22)6-3-13-7-9-20-11-13/h1-2,4-5,13,20H,3,6-11H2,(H,21,22). The van der Waals surface area contributed by atoms with E-state index in [1.165, 1.54) is 12.1 Å². The van der Waals surface area contributed by atoms with Gasteiger partial charge in [-0.25, -0.2) is 0 Å². The quantitative estimate of drug-likeness (QED) is 0.808. The molecule has 7 heteroatoms. The number of ether oxygens (including phenoxy) is 1. The summed E-state index contributed by atoms with van der Waals surface area (Å²) in [6, 6.07) is 5.68. The molecule has 1 aliphatic heterocycles. The van der Waals surface area contributed by atoms with Crippen molar-refractivity contribution in [3.63, 3.8) is 0 Å². The van der Waals surface area contributed by atoms with Gasteiger partial charge < -0.3 is 15.4 Å². The Bertz CT molecular complexity index is 497. The Labute approximate surface area is 133 Å². The third-order valence-corrected chi connectivity index (χ3v) is 3.83. The predicted octanol–water partition coefficient (Wildman–Crippen LogP) is 2.63. The summed E-state index contributed by atoms with van der Waals surface area (Å²) in [7, 11) is 0. The minimum absolute atomic E-state index is 0.0222. The third-order valence-electron chi connectivity index (χ3n) is 3.83. The molecular formula is C16H21F3N2O2. The largest absolute Gasteiger partial charge is 0.573 e. The van der Waals surface area contributed by atoms with Gasteiger partial charge >= 0.3 is 6.36 Å². The number of alkyl halides is 3. The fraction of sp³-hybridized carbons (Fsp3) is 0.562. The van der Waals surface area contributed by atoms with Crippen LogP contribution in [0.15, 0.2) is 24.3 Å².